The van der Waals surface area contributed by atoms with Gasteiger partial charge >= 0.3 is 0 Å². The zero-order chi connectivity index (χ0) is 15.0. The molecule has 3 rings (SSSR count). The Morgan fingerprint density at radius 3 is 2.05 bits per heavy atom. The number of fused-ring (bicyclic) bond motifs is 1. The third kappa shape index (κ3) is 2.35. The fourth-order valence-corrected chi connectivity index (χ4v) is 2.98. The van der Waals surface area contributed by atoms with Crippen LogP contribution in [-0.2, 0) is 16.1 Å². The number of likely N-dealkylation sites (tertiary alicyclic amines) is 1. The van der Waals surface area contributed by atoms with Crippen molar-refractivity contribution in [3.63, 3.8) is 0 Å². The number of hydrogen-bond donors (Lipinski definition) is 1. The molecule has 1 saturated heterocycles. The lowest BCUT2D eigenvalue weighted by atomic mass is 9.85. The fourth-order valence-electron chi connectivity index (χ4n) is 2.98. The number of imide groups is 1. The maximum atomic E-state index is 12.3. The largest absolute Gasteiger partial charge is 0.366 e. The monoisotopic (exact) mass is 284 g/mol. The molecule has 2 N–H and O–H groups in total. The van der Waals surface area contributed by atoms with Gasteiger partial charge in [-0.05, 0) is 30.5 Å². The molecule has 5 nitrogen and oxygen atoms in total. The Labute approximate surface area is 122 Å². The topological polar surface area (TPSA) is 80.5 Å². The number of nitrogens with zero attached hydrogens (tertiary/aromatic N) is 1. The van der Waals surface area contributed by atoms with E-state index >= 15 is 0 Å². The van der Waals surface area contributed by atoms with Crippen LogP contribution in [0.3, 0.4) is 0 Å². The normalized spacial score (nSPS) is 24.3. The number of benzene rings is 1. The van der Waals surface area contributed by atoms with E-state index in [0.29, 0.717) is 18.4 Å². The highest BCUT2D eigenvalue weighted by Gasteiger charge is 2.46. The first-order valence-electron chi connectivity index (χ1n) is 6.97. The lowest BCUT2D eigenvalue weighted by molar-refractivity contribution is -0.140. The fraction of sp³-hybridized carbons (Fsp3) is 0.312. The van der Waals surface area contributed by atoms with Crippen LogP contribution in [0.2, 0.25) is 0 Å². The molecule has 1 aromatic rings. The van der Waals surface area contributed by atoms with Gasteiger partial charge in [-0.1, -0.05) is 24.3 Å². The Morgan fingerprint density at radius 1 is 1.05 bits per heavy atom. The number of hydrogen-bond acceptors (Lipinski definition) is 3. The van der Waals surface area contributed by atoms with E-state index in [1.807, 2.05) is 12.2 Å². The number of rotatable bonds is 3. The zero-order valence-corrected chi connectivity index (χ0v) is 11.5. The van der Waals surface area contributed by atoms with Crippen LogP contribution in [-0.4, -0.2) is 22.6 Å². The van der Waals surface area contributed by atoms with Gasteiger partial charge in [0.2, 0.25) is 17.7 Å². The maximum absolute atomic E-state index is 12.3. The number of carbonyl (C=O) groups excluding carboxylic acids is 3. The standard InChI is InChI=1S/C16H16N2O3/c17-14(19)11-7-5-10(6-8-11)9-18-15(20)12-3-1-2-4-13(12)16(18)21/h1-2,5-8,12-13H,3-4,9H2,(H2,17,19)/t12-,13-/m1/s1. The zero-order valence-electron chi connectivity index (χ0n) is 11.5. The third-order valence-corrected chi connectivity index (χ3v) is 4.18. The Hall–Kier alpha value is -2.43. The minimum Gasteiger partial charge on any atom is -0.366 e. The van der Waals surface area contributed by atoms with Gasteiger partial charge in [0.05, 0.1) is 18.4 Å². The van der Waals surface area contributed by atoms with Gasteiger partial charge in [0.15, 0.2) is 0 Å². The van der Waals surface area contributed by atoms with Gasteiger partial charge in [-0.3, -0.25) is 19.3 Å². The molecule has 1 heterocycles. The van der Waals surface area contributed by atoms with Crippen LogP contribution in [0.5, 0.6) is 0 Å². The first kappa shape index (κ1) is 13.5. The number of primary amides is 1. The second kappa shape index (κ2) is 5.16. The van der Waals surface area contributed by atoms with E-state index in [9.17, 15) is 14.4 Å². The highest BCUT2D eigenvalue weighted by atomic mass is 16.2. The highest BCUT2D eigenvalue weighted by Crippen LogP contribution is 2.35. The smallest absolute Gasteiger partial charge is 0.248 e. The van der Waals surface area contributed by atoms with E-state index in [2.05, 4.69) is 0 Å². The van der Waals surface area contributed by atoms with Crippen LogP contribution in [0.4, 0.5) is 0 Å². The van der Waals surface area contributed by atoms with E-state index in [4.69, 9.17) is 5.73 Å². The van der Waals surface area contributed by atoms with Crippen LogP contribution < -0.4 is 5.73 Å². The molecule has 0 bridgehead atoms. The van der Waals surface area contributed by atoms with E-state index in [1.165, 1.54) is 4.90 Å². The lowest BCUT2D eigenvalue weighted by Crippen LogP contribution is -2.30. The van der Waals surface area contributed by atoms with Crippen LogP contribution in [0.15, 0.2) is 36.4 Å². The van der Waals surface area contributed by atoms with Crippen molar-refractivity contribution >= 4 is 17.7 Å². The Morgan fingerprint density at radius 2 is 1.57 bits per heavy atom. The molecule has 0 saturated carbocycles. The van der Waals surface area contributed by atoms with Crippen molar-refractivity contribution in [1.82, 2.24) is 4.90 Å². The molecule has 2 atom stereocenters. The number of carbonyl (C=O) groups is 3. The number of nitrogens with two attached hydrogens (primary N) is 1. The van der Waals surface area contributed by atoms with Crippen LogP contribution >= 0.6 is 0 Å². The third-order valence-electron chi connectivity index (χ3n) is 4.18. The van der Waals surface area contributed by atoms with Crippen molar-refractivity contribution in [2.45, 2.75) is 19.4 Å². The molecule has 0 spiro atoms. The molecule has 1 aromatic carbocycles. The summed E-state index contributed by atoms with van der Waals surface area (Å²) >= 11 is 0. The quantitative estimate of drug-likeness (QED) is 0.669. The molecular weight excluding hydrogens is 268 g/mol. The van der Waals surface area contributed by atoms with Gasteiger partial charge in [0.25, 0.3) is 0 Å². The number of amides is 3. The minimum atomic E-state index is -0.494. The molecule has 5 heteroatoms. The molecule has 0 aromatic heterocycles. The predicted octanol–water partition coefficient (Wildman–Crippen LogP) is 1.24. The predicted molar refractivity (Wildman–Crippen MR) is 75.9 cm³/mol. The van der Waals surface area contributed by atoms with Gasteiger partial charge in [-0.2, -0.15) is 0 Å². The van der Waals surface area contributed by atoms with Gasteiger partial charge in [0.1, 0.15) is 0 Å². The summed E-state index contributed by atoms with van der Waals surface area (Å²) in [6, 6.07) is 6.66. The van der Waals surface area contributed by atoms with E-state index < -0.39 is 5.91 Å². The van der Waals surface area contributed by atoms with Crippen molar-refractivity contribution in [3.05, 3.63) is 47.5 Å². The maximum Gasteiger partial charge on any atom is 0.248 e. The van der Waals surface area contributed by atoms with Crippen molar-refractivity contribution in [1.29, 1.82) is 0 Å². The molecule has 3 amide bonds. The molecule has 1 aliphatic carbocycles. The molecule has 0 unspecified atom stereocenters. The molecule has 1 aliphatic heterocycles. The molecule has 2 aliphatic rings. The van der Waals surface area contributed by atoms with Crippen molar-refractivity contribution in [2.24, 2.45) is 17.6 Å². The Balaban J connectivity index is 1.77. The Kier molecular flexibility index (Phi) is 3.33. The van der Waals surface area contributed by atoms with Crippen LogP contribution in [0, 0.1) is 11.8 Å². The molecule has 1 fully saturated rings. The first-order valence-corrected chi connectivity index (χ1v) is 6.97. The van der Waals surface area contributed by atoms with Crippen molar-refractivity contribution in [3.8, 4) is 0 Å². The van der Waals surface area contributed by atoms with E-state index in [1.54, 1.807) is 24.3 Å². The molecule has 21 heavy (non-hydrogen) atoms. The highest BCUT2D eigenvalue weighted by molar-refractivity contribution is 6.05. The molecule has 108 valence electrons. The van der Waals surface area contributed by atoms with Gasteiger partial charge in [-0.25, -0.2) is 0 Å². The first-order chi connectivity index (χ1) is 10.1. The van der Waals surface area contributed by atoms with Gasteiger partial charge in [-0.15, -0.1) is 0 Å². The van der Waals surface area contributed by atoms with E-state index in [-0.39, 0.29) is 30.2 Å². The van der Waals surface area contributed by atoms with Gasteiger partial charge in [0, 0.05) is 5.56 Å². The molecule has 0 radical (unpaired) electrons. The summed E-state index contributed by atoms with van der Waals surface area (Å²) in [5, 5.41) is 0. The molecular formula is C16H16N2O3. The summed E-state index contributed by atoms with van der Waals surface area (Å²) in [7, 11) is 0. The summed E-state index contributed by atoms with van der Waals surface area (Å²) in [6.45, 7) is 0.254. The lowest BCUT2D eigenvalue weighted by Gasteiger charge is -2.14. The second-order valence-electron chi connectivity index (χ2n) is 5.48. The summed E-state index contributed by atoms with van der Waals surface area (Å²) in [6.07, 6.45) is 5.23. The van der Waals surface area contributed by atoms with E-state index in [0.717, 1.165) is 5.56 Å². The summed E-state index contributed by atoms with van der Waals surface area (Å²) < 4.78 is 0. The average molecular weight is 284 g/mol. The van der Waals surface area contributed by atoms with Crippen molar-refractivity contribution in [2.75, 3.05) is 0 Å². The SMILES string of the molecule is NC(=O)c1ccc(CN2C(=O)[C@@H]3CC=CC[C@H]3C2=O)cc1. The van der Waals surface area contributed by atoms with Crippen molar-refractivity contribution < 1.29 is 14.4 Å². The van der Waals surface area contributed by atoms with Crippen LogP contribution in [0.1, 0.15) is 28.8 Å². The minimum absolute atomic E-state index is 0.0895. The van der Waals surface area contributed by atoms with Crippen LogP contribution in [0.25, 0.3) is 0 Å². The summed E-state index contributed by atoms with van der Waals surface area (Å²) in [5.41, 5.74) is 6.41. The Bertz CT molecular complexity index is 607. The van der Waals surface area contributed by atoms with Gasteiger partial charge < -0.3 is 5.73 Å². The summed E-state index contributed by atoms with van der Waals surface area (Å²) in [5.74, 6) is -1.08. The number of allylic oxidation sites excluding steroid dienone is 2. The average Bonchev–Trinajstić information content (AvgIpc) is 2.73. The summed E-state index contributed by atoms with van der Waals surface area (Å²) in [4.78, 5) is 37.0. The second-order valence-corrected chi connectivity index (χ2v) is 5.48.